The van der Waals surface area contributed by atoms with Crippen LogP contribution in [0.2, 0.25) is 0 Å². The van der Waals surface area contributed by atoms with Crippen molar-refractivity contribution in [1.82, 2.24) is 4.90 Å². The molecular weight excluding hydrogens is 233 g/mol. The van der Waals surface area contributed by atoms with E-state index in [9.17, 15) is 9.18 Å². The summed E-state index contributed by atoms with van der Waals surface area (Å²) in [5.41, 5.74) is 0. The second-order valence-electron chi connectivity index (χ2n) is 5.05. The lowest BCUT2D eigenvalue weighted by Crippen LogP contribution is -2.46. The van der Waals surface area contributed by atoms with E-state index in [1.165, 1.54) is 6.08 Å². The summed E-state index contributed by atoms with van der Waals surface area (Å²) in [6.07, 6.45) is 6.90. The van der Waals surface area contributed by atoms with E-state index in [4.69, 9.17) is 4.42 Å². The summed E-state index contributed by atoms with van der Waals surface area (Å²) in [5, 5.41) is 0. The first-order valence-electron chi connectivity index (χ1n) is 6.42. The Labute approximate surface area is 105 Å². The number of hydrogen-bond acceptors (Lipinski definition) is 2. The normalized spacial score (nSPS) is 31.2. The highest BCUT2D eigenvalue weighted by molar-refractivity contribution is 5.92. The molecule has 2 aliphatic rings. The maximum Gasteiger partial charge on any atom is 0.247 e. The molecule has 2 saturated heterocycles. The van der Waals surface area contributed by atoms with Crippen molar-refractivity contribution in [3.8, 4) is 0 Å². The number of hydrogen-bond donors (Lipinski definition) is 0. The van der Waals surface area contributed by atoms with Crippen LogP contribution in [0, 0.1) is 0 Å². The van der Waals surface area contributed by atoms with Crippen LogP contribution in [-0.4, -0.2) is 29.1 Å². The molecule has 4 heteroatoms. The van der Waals surface area contributed by atoms with E-state index in [-0.39, 0.29) is 18.0 Å². The van der Waals surface area contributed by atoms with Crippen molar-refractivity contribution in [2.45, 2.75) is 43.9 Å². The molecule has 96 valence electrons. The molecule has 3 rings (SSSR count). The number of carbonyl (C=O) groups is 1. The van der Waals surface area contributed by atoms with Gasteiger partial charge in [-0.25, -0.2) is 4.39 Å². The van der Waals surface area contributed by atoms with E-state index in [1.54, 1.807) is 24.5 Å². The van der Waals surface area contributed by atoms with Crippen molar-refractivity contribution >= 4 is 12.0 Å². The van der Waals surface area contributed by atoms with Gasteiger partial charge in [0.1, 0.15) is 11.9 Å². The molecule has 2 fully saturated rings. The molecule has 2 aliphatic heterocycles. The van der Waals surface area contributed by atoms with Gasteiger partial charge >= 0.3 is 0 Å². The van der Waals surface area contributed by atoms with Crippen molar-refractivity contribution in [2.24, 2.45) is 0 Å². The lowest BCUT2D eigenvalue weighted by molar-refractivity contribution is -0.131. The predicted molar refractivity (Wildman–Crippen MR) is 65.5 cm³/mol. The minimum atomic E-state index is -0.736. The number of rotatable bonds is 2. The first-order valence-corrected chi connectivity index (χ1v) is 6.42. The fourth-order valence-corrected chi connectivity index (χ4v) is 3.10. The summed E-state index contributed by atoms with van der Waals surface area (Å²) < 4.78 is 18.5. The van der Waals surface area contributed by atoms with Crippen molar-refractivity contribution in [3.63, 3.8) is 0 Å². The number of fused-ring (bicyclic) bond motifs is 2. The molecular formula is C14H16FNO2. The molecule has 0 aromatic carbocycles. The van der Waals surface area contributed by atoms with Crippen LogP contribution in [0.5, 0.6) is 0 Å². The molecule has 1 aromatic heterocycles. The zero-order valence-electron chi connectivity index (χ0n) is 10.1. The Morgan fingerprint density at radius 3 is 2.72 bits per heavy atom. The smallest absolute Gasteiger partial charge is 0.247 e. The molecule has 2 bridgehead atoms. The van der Waals surface area contributed by atoms with E-state index in [0.717, 1.165) is 12.8 Å². The van der Waals surface area contributed by atoms with Gasteiger partial charge in [-0.3, -0.25) is 4.79 Å². The lowest BCUT2D eigenvalue weighted by atomic mass is 10.0. The minimum absolute atomic E-state index is 0.0224. The van der Waals surface area contributed by atoms with Gasteiger partial charge in [-0.1, -0.05) is 0 Å². The molecule has 2 atom stereocenters. The monoisotopic (exact) mass is 249 g/mol. The number of halogens is 1. The van der Waals surface area contributed by atoms with E-state index >= 15 is 0 Å². The van der Waals surface area contributed by atoms with E-state index in [0.29, 0.717) is 18.6 Å². The first kappa shape index (κ1) is 11.5. The fourth-order valence-electron chi connectivity index (χ4n) is 3.10. The summed E-state index contributed by atoms with van der Waals surface area (Å²) in [5.74, 6) is 0.641. The van der Waals surface area contributed by atoms with Gasteiger partial charge in [0.15, 0.2) is 0 Å². The average molecular weight is 249 g/mol. The number of alkyl halides is 1. The van der Waals surface area contributed by atoms with Crippen LogP contribution in [-0.2, 0) is 4.79 Å². The zero-order valence-corrected chi connectivity index (χ0v) is 10.1. The molecule has 0 radical (unpaired) electrons. The zero-order chi connectivity index (χ0) is 12.5. The van der Waals surface area contributed by atoms with Crippen LogP contribution >= 0.6 is 0 Å². The lowest BCUT2D eigenvalue weighted by Gasteiger charge is -2.35. The van der Waals surface area contributed by atoms with Gasteiger partial charge in [0.05, 0.1) is 6.26 Å². The second kappa shape index (κ2) is 4.59. The molecule has 3 nitrogen and oxygen atoms in total. The molecule has 3 heterocycles. The van der Waals surface area contributed by atoms with Gasteiger partial charge in [0, 0.05) is 18.2 Å². The second-order valence-corrected chi connectivity index (χ2v) is 5.05. The Kier molecular flexibility index (Phi) is 2.94. The summed E-state index contributed by atoms with van der Waals surface area (Å²) in [6.45, 7) is 0. The number of amides is 1. The maximum absolute atomic E-state index is 13.4. The Bertz CT molecular complexity index is 440. The van der Waals surface area contributed by atoms with Gasteiger partial charge in [0.25, 0.3) is 0 Å². The van der Waals surface area contributed by atoms with Crippen molar-refractivity contribution in [2.75, 3.05) is 0 Å². The molecule has 0 N–H and O–H groups in total. The van der Waals surface area contributed by atoms with Gasteiger partial charge in [0.2, 0.25) is 5.91 Å². The van der Waals surface area contributed by atoms with Crippen LogP contribution in [0.4, 0.5) is 4.39 Å². The molecule has 0 spiro atoms. The summed E-state index contributed by atoms with van der Waals surface area (Å²) >= 11 is 0. The third-order valence-electron chi connectivity index (χ3n) is 3.86. The highest BCUT2D eigenvalue weighted by Crippen LogP contribution is 2.37. The Morgan fingerprint density at radius 1 is 1.39 bits per heavy atom. The summed E-state index contributed by atoms with van der Waals surface area (Å²) in [4.78, 5) is 14.0. The number of piperidine rings is 1. The van der Waals surface area contributed by atoms with E-state index in [1.807, 2.05) is 4.90 Å². The van der Waals surface area contributed by atoms with E-state index in [2.05, 4.69) is 0 Å². The number of carbonyl (C=O) groups excluding carboxylic acids is 1. The fraction of sp³-hybridized carbons (Fsp3) is 0.500. The average Bonchev–Trinajstić information content (AvgIpc) is 2.94. The quantitative estimate of drug-likeness (QED) is 0.755. The largest absolute Gasteiger partial charge is 0.465 e. The highest BCUT2D eigenvalue weighted by Gasteiger charge is 2.42. The third-order valence-corrected chi connectivity index (χ3v) is 3.86. The van der Waals surface area contributed by atoms with Crippen LogP contribution < -0.4 is 0 Å². The third kappa shape index (κ3) is 2.07. The number of furan rings is 1. The topological polar surface area (TPSA) is 33.5 Å². The minimum Gasteiger partial charge on any atom is -0.465 e. The Balaban J connectivity index is 1.70. The standard InChI is InChI=1S/C14H16FNO2/c15-10-8-11-3-4-12(9-10)16(11)14(17)6-5-13-2-1-7-18-13/h1-2,5-7,10-12H,3-4,8-9H2/b6-5+. The van der Waals surface area contributed by atoms with Crippen LogP contribution in [0.15, 0.2) is 28.9 Å². The van der Waals surface area contributed by atoms with Gasteiger partial charge < -0.3 is 9.32 Å². The van der Waals surface area contributed by atoms with Gasteiger partial charge in [-0.15, -0.1) is 0 Å². The number of nitrogens with zero attached hydrogens (tertiary/aromatic N) is 1. The molecule has 0 saturated carbocycles. The molecule has 0 aliphatic carbocycles. The predicted octanol–water partition coefficient (Wildman–Crippen LogP) is 2.78. The SMILES string of the molecule is O=C(/C=C/c1ccco1)N1C2CCC1CC(F)C2. The molecule has 2 unspecified atom stereocenters. The van der Waals surface area contributed by atoms with Crippen LogP contribution in [0.1, 0.15) is 31.4 Å². The molecule has 1 aromatic rings. The van der Waals surface area contributed by atoms with Crippen molar-refractivity contribution < 1.29 is 13.6 Å². The first-order chi connectivity index (χ1) is 8.74. The van der Waals surface area contributed by atoms with Crippen molar-refractivity contribution in [1.29, 1.82) is 0 Å². The van der Waals surface area contributed by atoms with Crippen LogP contribution in [0.3, 0.4) is 0 Å². The Morgan fingerprint density at radius 2 is 2.11 bits per heavy atom. The summed E-state index contributed by atoms with van der Waals surface area (Å²) in [6, 6.07) is 3.76. The molecule has 1 amide bonds. The van der Waals surface area contributed by atoms with E-state index < -0.39 is 6.17 Å². The highest BCUT2D eigenvalue weighted by atomic mass is 19.1. The summed E-state index contributed by atoms with van der Waals surface area (Å²) in [7, 11) is 0. The van der Waals surface area contributed by atoms with Gasteiger partial charge in [-0.2, -0.15) is 0 Å². The van der Waals surface area contributed by atoms with Crippen LogP contribution in [0.25, 0.3) is 6.08 Å². The maximum atomic E-state index is 13.4. The van der Waals surface area contributed by atoms with Gasteiger partial charge in [-0.05, 0) is 43.9 Å². The Hall–Kier alpha value is -1.58. The molecule has 18 heavy (non-hydrogen) atoms. The van der Waals surface area contributed by atoms with Crippen molar-refractivity contribution in [3.05, 3.63) is 30.2 Å².